The number of hydrogen-bond acceptors (Lipinski definition) is 4. The Balaban J connectivity index is 1.67. The van der Waals surface area contributed by atoms with Gasteiger partial charge in [0.05, 0.1) is 13.0 Å². The Kier molecular flexibility index (Phi) is 2.89. The van der Waals surface area contributed by atoms with Gasteiger partial charge in [0, 0.05) is 18.4 Å². The second-order valence-electron chi connectivity index (χ2n) is 5.05. The van der Waals surface area contributed by atoms with Gasteiger partial charge in [0.2, 0.25) is 5.91 Å². The van der Waals surface area contributed by atoms with Crippen molar-refractivity contribution in [2.24, 2.45) is 0 Å². The highest BCUT2D eigenvalue weighted by atomic mass is 16.2. The first-order chi connectivity index (χ1) is 9.59. The molecule has 2 aliphatic rings. The van der Waals surface area contributed by atoms with Crippen molar-refractivity contribution < 1.29 is 14.4 Å². The lowest BCUT2D eigenvalue weighted by Crippen LogP contribution is -2.49. The summed E-state index contributed by atoms with van der Waals surface area (Å²) < 4.78 is 0. The van der Waals surface area contributed by atoms with Gasteiger partial charge in [-0.2, -0.15) is 0 Å². The van der Waals surface area contributed by atoms with Crippen LogP contribution < -0.4 is 10.6 Å². The maximum Gasteiger partial charge on any atom is 0.322 e. The average Bonchev–Trinajstić information content (AvgIpc) is 2.96. The summed E-state index contributed by atoms with van der Waals surface area (Å²) in [4.78, 5) is 40.9. The molecule has 1 aromatic rings. The summed E-state index contributed by atoms with van der Waals surface area (Å²) in [7, 11) is 0. The van der Waals surface area contributed by atoms with E-state index in [1.54, 1.807) is 23.2 Å². The molecule has 3 rings (SSSR count). The van der Waals surface area contributed by atoms with Crippen molar-refractivity contribution in [1.82, 2.24) is 20.5 Å². The molecule has 7 nitrogen and oxygen atoms in total. The van der Waals surface area contributed by atoms with E-state index in [0.29, 0.717) is 18.7 Å². The minimum atomic E-state index is -0.948. The topological polar surface area (TPSA) is 91.4 Å². The Labute approximate surface area is 115 Å². The van der Waals surface area contributed by atoms with Crippen molar-refractivity contribution in [1.29, 1.82) is 0 Å². The van der Waals surface area contributed by atoms with Gasteiger partial charge in [-0.25, -0.2) is 4.79 Å². The van der Waals surface area contributed by atoms with Crippen molar-refractivity contribution >= 4 is 17.8 Å². The molecule has 0 bridgehead atoms. The van der Waals surface area contributed by atoms with Crippen molar-refractivity contribution in [3.63, 3.8) is 0 Å². The Morgan fingerprint density at radius 1 is 1.40 bits per heavy atom. The molecule has 7 heteroatoms. The molecule has 2 aliphatic heterocycles. The van der Waals surface area contributed by atoms with E-state index in [0.717, 1.165) is 0 Å². The van der Waals surface area contributed by atoms with E-state index in [1.165, 1.54) is 0 Å². The molecule has 4 amide bonds. The zero-order valence-corrected chi connectivity index (χ0v) is 10.8. The molecule has 3 heterocycles. The molecule has 2 fully saturated rings. The van der Waals surface area contributed by atoms with E-state index in [4.69, 9.17) is 0 Å². The van der Waals surface area contributed by atoms with Gasteiger partial charge in [-0.05, 0) is 18.6 Å². The number of hydrogen-bond donors (Lipinski definition) is 2. The summed E-state index contributed by atoms with van der Waals surface area (Å²) in [6, 6.07) is 4.91. The van der Waals surface area contributed by atoms with Crippen molar-refractivity contribution in [3.05, 3.63) is 30.1 Å². The molecule has 0 saturated carbocycles. The van der Waals surface area contributed by atoms with Gasteiger partial charge in [-0.15, -0.1) is 0 Å². The highest BCUT2D eigenvalue weighted by Crippen LogP contribution is 2.25. The van der Waals surface area contributed by atoms with Crippen LogP contribution in [-0.4, -0.2) is 46.4 Å². The Bertz CT molecular complexity index is 574. The molecule has 1 atom stereocenters. The zero-order chi connectivity index (χ0) is 14.2. The highest BCUT2D eigenvalue weighted by molar-refractivity contribution is 6.07. The molecule has 0 aliphatic carbocycles. The molecule has 0 aromatic carbocycles. The minimum absolute atomic E-state index is 0.0884. The second-order valence-corrected chi connectivity index (χ2v) is 5.05. The number of amides is 4. The van der Waals surface area contributed by atoms with Gasteiger partial charge >= 0.3 is 6.03 Å². The number of rotatable bonds is 2. The number of carbonyl (C=O) groups is 3. The number of carbonyl (C=O) groups excluding carboxylic acids is 3. The van der Waals surface area contributed by atoms with Crippen molar-refractivity contribution in [2.45, 2.75) is 18.4 Å². The van der Waals surface area contributed by atoms with Crippen molar-refractivity contribution in [2.75, 3.05) is 13.1 Å². The number of nitrogens with zero attached hydrogens (tertiary/aromatic N) is 2. The standard InChI is InChI=1S/C13H14N4O3/c18-10(7-9-3-1-2-5-14-9)17-6-4-13(8-17)11(19)15-12(20)16-13/h1-3,5H,4,6-8H2,(H2,15,16,19,20). The van der Waals surface area contributed by atoms with E-state index in [9.17, 15) is 14.4 Å². The van der Waals surface area contributed by atoms with Crippen LogP contribution in [0.5, 0.6) is 0 Å². The van der Waals surface area contributed by atoms with Crippen LogP contribution in [0.25, 0.3) is 0 Å². The average molecular weight is 274 g/mol. The third-order valence-electron chi connectivity index (χ3n) is 3.69. The summed E-state index contributed by atoms with van der Waals surface area (Å²) in [6.45, 7) is 0.676. The first-order valence-electron chi connectivity index (χ1n) is 6.40. The van der Waals surface area contributed by atoms with Gasteiger partial charge in [0.15, 0.2) is 0 Å². The van der Waals surface area contributed by atoms with Crippen LogP contribution in [0.3, 0.4) is 0 Å². The fourth-order valence-corrected chi connectivity index (χ4v) is 2.61. The summed E-state index contributed by atoms with van der Waals surface area (Å²) in [5.41, 5.74) is -0.255. The number of pyridine rings is 1. The Morgan fingerprint density at radius 2 is 2.25 bits per heavy atom. The molecular weight excluding hydrogens is 260 g/mol. The second kappa shape index (κ2) is 4.59. The van der Waals surface area contributed by atoms with E-state index < -0.39 is 11.6 Å². The van der Waals surface area contributed by atoms with Crippen LogP contribution in [0.4, 0.5) is 4.79 Å². The number of nitrogens with one attached hydrogen (secondary N) is 2. The SMILES string of the molecule is O=C1NC(=O)C2(CCN(C(=O)Cc3ccccn3)C2)N1. The maximum atomic E-state index is 12.2. The summed E-state index contributed by atoms with van der Waals surface area (Å²) in [5, 5.41) is 4.84. The van der Waals surface area contributed by atoms with Gasteiger partial charge in [0.25, 0.3) is 5.91 Å². The van der Waals surface area contributed by atoms with E-state index >= 15 is 0 Å². The molecule has 0 radical (unpaired) electrons. The van der Waals surface area contributed by atoms with Gasteiger partial charge in [0.1, 0.15) is 5.54 Å². The molecule has 1 unspecified atom stereocenters. The van der Waals surface area contributed by atoms with Gasteiger partial charge in [-0.3, -0.25) is 19.9 Å². The van der Waals surface area contributed by atoms with Crippen LogP contribution in [0.15, 0.2) is 24.4 Å². The normalized spacial score (nSPS) is 24.9. The van der Waals surface area contributed by atoms with Gasteiger partial charge in [-0.1, -0.05) is 6.07 Å². The fraction of sp³-hybridized carbons (Fsp3) is 0.385. The summed E-state index contributed by atoms with van der Waals surface area (Å²) in [6.07, 6.45) is 2.28. The Morgan fingerprint density at radius 3 is 2.90 bits per heavy atom. The number of aromatic nitrogens is 1. The summed E-state index contributed by atoms with van der Waals surface area (Å²) >= 11 is 0. The smallest absolute Gasteiger partial charge is 0.322 e. The maximum absolute atomic E-state index is 12.2. The fourth-order valence-electron chi connectivity index (χ4n) is 2.61. The van der Waals surface area contributed by atoms with Crippen LogP contribution in [0, 0.1) is 0 Å². The first kappa shape index (κ1) is 12.6. The van der Waals surface area contributed by atoms with Crippen LogP contribution in [0.2, 0.25) is 0 Å². The molecule has 1 aromatic heterocycles. The van der Waals surface area contributed by atoms with Gasteiger partial charge < -0.3 is 10.2 Å². The van der Waals surface area contributed by atoms with Crippen LogP contribution in [0.1, 0.15) is 12.1 Å². The molecule has 104 valence electrons. The van der Waals surface area contributed by atoms with Crippen LogP contribution in [-0.2, 0) is 16.0 Å². The first-order valence-corrected chi connectivity index (χ1v) is 6.40. The lowest BCUT2D eigenvalue weighted by atomic mass is 9.99. The Hall–Kier alpha value is -2.44. The zero-order valence-electron chi connectivity index (χ0n) is 10.8. The lowest BCUT2D eigenvalue weighted by Gasteiger charge is -2.21. The van der Waals surface area contributed by atoms with E-state index in [1.807, 2.05) is 6.07 Å². The molecular formula is C13H14N4O3. The van der Waals surface area contributed by atoms with E-state index in [-0.39, 0.29) is 24.8 Å². The number of urea groups is 1. The predicted molar refractivity (Wildman–Crippen MR) is 68.5 cm³/mol. The highest BCUT2D eigenvalue weighted by Gasteiger charge is 2.51. The third kappa shape index (κ3) is 2.11. The predicted octanol–water partition coefficient (Wildman–Crippen LogP) is -0.565. The molecule has 2 N–H and O–H groups in total. The summed E-state index contributed by atoms with van der Waals surface area (Å²) in [5.74, 6) is -0.440. The molecule has 1 spiro atoms. The third-order valence-corrected chi connectivity index (χ3v) is 3.69. The minimum Gasteiger partial charge on any atom is -0.339 e. The monoisotopic (exact) mass is 274 g/mol. The molecule has 2 saturated heterocycles. The van der Waals surface area contributed by atoms with E-state index in [2.05, 4.69) is 15.6 Å². The molecule has 20 heavy (non-hydrogen) atoms. The number of imide groups is 1. The largest absolute Gasteiger partial charge is 0.339 e. The lowest BCUT2D eigenvalue weighted by molar-refractivity contribution is -0.130. The van der Waals surface area contributed by atoms with Crippen molar-refractivity contribution in [3.8, 4) is 0 Å². The van der Waals surface area contributed by atoms with Crippen LogP contribution >= 0.6 is 0 Å². The number of likely N-dealkylation sites (tertiary alicyclic amines) is 1. The quantitative estimate of drug-likeness (QED) is 0.707.